The first-order chi connectivity index (χ1) is 12.6. The molecule has 3 aromatic rings. The number of rotatable bonds is 5. The SMILES string of the molecule is COc1cccc(NC(=O)c2ccc(Cl)c(NC(=O)c3cccs3)c2)c1. The zero-order valence-corrected chi connectivity index (χ0v) is 15.4. The Balaban J connectivity index is 1.77. The number of hydrogen-bond acceptors (Lipinski definition) is 4. The number of anilines is 2. The Kier molecular flexibility index (Phi) is 5.55. The largest absolute Gasteiger partial charge is 0.497 e. The molecule has 5 nitrogen and oxygen atoms in total. The van der Waals surface area contributed by atoms with E-state index in [9.17, 15) is 9.59 Å². The van der Waals surface area contributed by atoms with Crippen LogP contribution in [0, 0.1) is 0 Å². The van der Waals surface area contributed by atoms with E-state index in [1.807, 2.05) is 5.38 Å². The van der Waals surface area contributed by atoms with E-state index < -0.39 is 0 Å². The summed E-state index contributed by atoms with van der Waals surface area (Å²) >= 11 is 7.47. The average Bonchev–Trinajstić information content (AvgIpc) is 3.18. The first-order valence-corrected chi connectivity index (χ1v) is 8.92. The number of carbonyl (C=O) groups excluding carboxylic acids is 2. The molecule has 2 amide bonds. The Bertz CT molecular complexity index is 942. The monoisotopic (exact) mass is 386 g/mol. The zero-order valence-electron chi connectivity index (χ0n) is 13.8. The molecule has 2 N–H and O–H groups in total. The highest BCUT2D eigenvalue weighted by Gasteiger charge is 2.13. The van der Waals surface area contributed by atoms with Crippen LogP contribution in [-0.2, 0) is 0 Å². The van der Waals surface area contributed by atoms with Crippen molar-refractivity contribution in [3.8, 4) is 5.75 Å². The number of thiophene rings is 1. The number of halogens is 1. The van der Waals surface area contributed by atoms with E-state index in [2.05, 4.69) is 10.6 Å². The van der Waals surface area contributed by atoms with Crippen LogP contribution < -0.4 is 15.4 Å². The number of methoxy groups -OCH3 is 1. The maximum absolute atomic E-state index is 12.5. The molecule has 132 valence electrons. The minimum absolute atomic E-state index is 0.271. The van der Waals surface area contributed by atoms with Crippen LogP contribution >= 0.6 is 22.9 Å². The van der Waals surface area contributed by atoms with Gasteiger partial charge in [0.05, 0.1) is 22.7 Å². The topological polar surface area (TPSA) is 67.4 Å². The minimum atomic E-state index is -0.318. The third kappa shape index (κ3) is 4.22. The van der Waals surface area contributed by atoms with Gasteiger partial charge >= 0.3 is 0 Å². The molecule has 7 heteroatoms. The van der Waals surface area contributed by atoms with Crippen molar-refractivity contribution in [2.24, 2.45) is 0 Å². The fraction of sp³-hybridized carbons (Fsp3) is 0.0526. The third-order valence-electron chi connectivity index (χ3n) is 3.55. The van der Waals surface area contributed by atoms with Gasteiger partial charge in [0.25, 0.3) is 11.8 Å². The van der Waals surface area contributed by atoms with Crippen molar-refractivity contribution in [1.29, 1.82) is 0 Å². The molecule has 0 atom stereocenters. The highest BCUT2D eigenvalue weighted by atomic mass is 35.5. The molecular weight excluding hydrogens is 372 g/mol. The summed E-state index contributed by atoms with van der Waals surface area (Å²) < 4.78 is 5.14. The van der Waals surface area contributed by atoms with Crippen LogP contribution in [-0.4, -0.2) is 18.9 Å². The average molecular weight is 387 g/mol. The van der Waals surface area contributed by atoms with Crippen molar-refractivity contribution >= 4 is 46.1 Å². The number of carbonyl (C=O) groups is 2. The van der Waals surface area contributed by atoms with E-state index in [4.69, 9.17) is 16.3 Å². The summed E-state index contributed by atoms with van der Waals surface area (Å²) in [4.78, 5) is 25.2. The second kappa shape index (κ2) is 8.03. The fourth-order valence-corrected chi connectivity index (χ4v) is 3.04. The van der Waals surface area contributed by atoms with Crippen LogP contribution in [0.1, 0.15) is 20.0 Å². The van der Waals surface area contributed by atoms with E-state index in [0.29, 0.717) is 32.6 Å². The van der Waals surface area contributed by atoms with Gasteiger partial charge in [0.15, 0.2) is 0 Å². The van der Waals surface area contributed by atoms with Crippen molar-refractivity contribution in [2.45, 2.75) is 0 Å². The second-order valence-corrected chi connectivity index (χ2v) is 6.67. The number of amides is 2. The van der Waals surface area contributed by atoms with Gasteiger partial charge in [-0.25, -0.2) is 0 Å². The van der Waals surface area contributed by atoms with Gasteiger partial charge in [0.2, 0.25) is 0 Å². The quantitative estimate of drug-likeness (QED) is 0.654. The number of nitrogens with one attached hydrogen (secondary N) is 2. The van der Waals surface area contributed by atoms with Crippen LogP contribution in [0.3, 0.4) is 0 Å². The lowest BCUT2D eigenvalue weighted by atomic mass is 10.1. The number of hydrogen-bond donors (Lipinski definition) is 2. The summed E-state index contributed by atoms with van der Waals surface area (Å²) in [6, 6.07) is 15.3. The standard InChI is InChI=1S/C19H15ClN2O3S/c1-25-14-5-2-4-13(11-14)21-18(23)12-7-8-15(20)16(10-12)22-19(24)17-6-3-9-26-17/h2-11H,1H3,(H,21,23)(H,22,24). The highest BCUT2D eigenvalue weighted by molar-refractivity contribution is 7.12. The van der Waals surface area contributed by atoms with E-state index >= 15 is 0 Å². The molecule has 0 saturated heterocycles. The van der Waals surface area contributed by atoms with E-state index in [-0.39, 0.29) is 11.8 Å². The molecule has 0 unspecified atom stereocenters. The molecule has 0 saturated carbocycles. The van der Waals surface area contributed by atoms with Crippen molar-refractivity contribution in [3.05, 3.63) is 75.4 Å². The Morgan fingerprint density at radius 2 is 1.85 bits per heavy atom. The lowest BCUT2D eigenvalue weighted by Crippen LogP contribution is -2.14. The van der Waals surface area contributed by atoms with Crippen LogP contribution in [0.2, 0.25) is 5.02 Å². The summed E-state index contributed by atoms with van der Waals surface area (Å²) in [7, 11) is 1.56. The minimum Gasteiger partial charge on any atom is -0.497 e. The summed E-state index contributed by atoms with van der Waals surface area (Å²) in [6.45, 7) is 0. The summed E-state index contributed by atoms with van der Waals surface area (Å²) in [5, 5.41) is 7.69. The zero-order chi connectivity index (χ0) is 18.5. The molecule has 0 fully saturated rings. The van der Waals surface area contributed by atoms with Crippen molar-refractivity contribution in [3.63, 3.8) is 0 Å². The molecule has 0 aliphatic rings. The van der Waals surface area contributed by atoms with Gasteiger partial charge in [-0.15, -0.1) is 11.3 Å². The fourth-order valence-electron chi connectivity index (χ4n) is 2.26. The van der Waals surface area contributed by atoms with E-state index in [0.717, 1.165) is 0 Å². The first-order valence-electron chi connectivity index (χ1n) is 7.66. The van der Waals surface area contributed by atoms with Gasteiger partial charge in [0.1, 0.15) is 5.75 Å². The first kappa shape index (κ1) is 18.0. The van der Waals surface area contributed by atoms with Crippen LogP contribution in [0.5, 0.6) is 5.75 Å². The number of benzene rings is 2. The summed E-state index contributed by atoms with van der Waals surface area (Å²) in [5.74, 6) is 0.0524. The Morgan fingerprint density at radius 1 is 1.00 bits per heavy atom. The van der Waals surface area contributed by atoms with Gasteiger partial charge in [-0.3, -0.25) is 9.59 Å². The lowest BCUT2D eigenvalue weighted by Gasteiger charge is -2.10. The highest BCUT2D eigenvalue weighted by Crippen LogP contribution is 2.25. The van der Waals surface area contributed by atoms with Gasteiger partial charge < -0.3 is 15.4 Å². The molecule has 0 spiro atoms. The van der Waals surface area contributed by atoms with Gasteiger partial charge in [-0.1, -0.05) is 23.7 Å². The molecule has 0 aliphatic carbocycles. The Hall–Kier alpha value is -2.83. The van der Waals surface area contributed by atoms with Crippen LogP contribution in [0.25, 0.3) is 0 Å². The molecule has 2 aromatic carbocycles. The molecule has 1 heterocycles. The van der Waals surface area contributed by atoms with Crippen molar-refractivity contribution in [1.82, 2.24) is 0 Å². The van der Waals surface area contributed by atoms with Crippen LogP contribution in [0.15, 0.2) is 60.0 Å². The second-order valence-electron chi connectivity index (χ2n) is 5.31. The van der Waals surface area contributed by atoms with Gasteiger partial charge in [-0.2, -0.15) is 0 Å². The van der Waals surface area contributed by atoms with Gasteiger partial charge in [0, 0.05) is 17.3 Å². The van der Waals surface area contributed by atoms with Gasteiger partial charge in [-0.05, 0) is 41.8 Å². The normalized spacial score (nSPS) is 10.2. The Morgan fingerprint density at radius 3 is 2.58 bits per heavy atom. The lowest BCUT2D eigenvalue weighted by molar-refractivity contribution is 0.101. The van der Waals surface area contributed by atoms with Crippen molar-refractivity contribution in [2.75, 3.05) is 17.7 Å². The molecule has 0 aliphatic heterocycles. The van der Waals surface area contributed by atoms with Crippen LogP contribution in [0.4, 0.5) is 11.4 Å². The third-order valence-corrected chi connectivity index (χ3v) is 4.75. The van der Waals surface area contributed by atoms with E-state index in [1.54, 1.807) is 61.7 Å². The Labute approximate surface area is 159 Å². The smallest absolute Gasteiger partial charge is 0.265 e. The maximum atomic E-state index is 12.5. The van der Waals surface area contributed by atoms with E-state index in [1.165, 1.54) is 11.3 Å². The molecule has 0 radical (unpaired) electrons. The predicted octanol–water partition coefficient (Wildman–Crippen LogP) is 4.91. The molecule has 0 bridgehead atoms. The van der Waals surface area contributed by atoms with Crippen molar-refractivity contribution < 1.29 is 14.3 Å². The molecule has 3 rings (SSSR count). The summed E-state index contributed by atoms with van der Waals surface area (Å²) in [5.41, 5.74) is 1.36. The number of ether oxygens (including phenoxy) is 1. The summed E-state index contributed by atoms with van der Waals surface area (Å²) in [6.07, 6.45) is 0. The molecular formula is C19H15ClN2O3S. The maximum Gasteiger partial charge on any atom is 0.265 e. The molecule has 26 heavy (non-hydrogen) atoms. The predicted molar refractivity (Wildman–Crippen MR) is 105 cm³/mol. The molecule has 1 aromatic heterocycles.